The van der Waals surface area contributed by atoms with Crippen molar-refractivity contribution in [1.29, 1.82) is 0 Å². The van der Waals surface area contributed by atoms with Crippen molar-refractivity contribution in [1.82, 2.24) is 71.5 Å². The highest BCUT2D eigenvalue weighted by Gasteiger charge is 2.26. The average Bonchev–Trinajstić information content (AvgIpc) is 0.858. The summed E-state index contributed by atoms with van der Waals surface area (Å²) in [6, 6.07) is 0. The van der Waals surface area contributed by atoms with E-state index in [1.165, 1.54) is 106 Å². The van der Waals surface area contributed by atoms with E-state index in [0.717, 1.165) is 188 Å². The molecule has 37 heteroatoms. The van der Waals surface area contributed by atoms with Crippen LogP contribution in [0.15, 0.2) is 0 Å². The quantitative estimate of drug-likeness (QED) is 0.0217. The molecule has 0 aromatic heterocycles. The van der Waals surface area contributed by atoms with Gasteiger partial charge in [0.15, 0.2) is 0 Å². The Morgan fingerprint density at radius 2 is 0.604 bits per heavy atom. The van der Waals surface area contributed by atoms with E-state index in [1.807, 2.05) is 70.6 Å². The van der Waals surface area contributed by atoms with Gasteiger partial charge in [-0.25, -0.2) is 0 Å². The van der Waals surface area contributed by atoms with Crippen molar-refractivity contribution < 1.29 is 46.0 Å². The second-order valence-electron chi connectivity index (χ2n) is 21.7. The Labute approximate surface area is 678 Å². The molecule has 101 heavy (non-hydrogen) atoms. The molecule has 3 aliphatic rings. The zero-order valence-electron chi connectivity index (χ0n) is 62.7. The molecular weight excluding hydrogens is 1560 g/mol. The highest BCUT2D eigenvalue weighted by atomic mass is 32.2. The molecule has 0 radical (unpaired) electrons. The maximum atomic E-state index is 8.85. The smallest absolute Gasteiger partial charge is 0.0538 e. The van der Waals surface area contributed by atoms with Crippen LogP contribution in [0.5, 0.6) is 0 Å². The fraction of sp³-hybridized carbons (Fsp3) is 1.00. The summed E-state index contributed by atoms with van der Waals surface area (Å²) in [6.45, 7) is 29.1. The first-order valence-electron chi connectivity index (χ1n) is 35.8. The molecule has 3 saturated heterocycles. The lowest BCUT2D eigenvalue weighted by Gasteiger charge is -2.45. The van der Waals surface area contributed by atoms with Gasteiger partial charge in [-0.05, 0) is 79.5 Å². The van der Waals surface area contributed by atoms with Crippen molar-refractivity contribution in [3.63, 3.8) is 0 Å². The number of thioether (sulfide) groups is 14. The molecular formula is C64H152N14O9S14. The molecule has 23 nitrogen and oxygen atoms in total. The van der Waals surface area contributed by atoms with Gasteiger partial charge >= 0.3 is 0 Å². The Morgan fingerprint density at radius 1 is 0.287 bits per heavy atom. The minimum atomic E-state index is 0. The number of rotatable bonds is 65. The average molecular weight is 1710 g/mol. The first kappa shape index (κ1) is 114. The molecule has 3 heterocycles. The van der Waals surface area contributed by atoms with Crippen LogP contribution in [0.4, 0.5) is 0 Å². The van der Waals surface area contributed by atoms with E-state index >= 15 is 0 Å². The van der Waals surface area contributed by atoms with Crippen LogP contribution < -0.4 is 37.2 Å². The van der Waals surface area contributed by atoms with Crippen molar-refractivity contribution in [3.05, 3.63) is 0 Å². The van der Waals surface area contributed by atoms with Gasteiger partial charge in [-0.15, -0.1) is 153 Å². The van der Waals surface area contributed by atoms with Crippen LogP contribution in [-0.2, 0) is 0 Å². The Kier molecular flexibility index (Phi) is 117. The van der Waals surface area contributed by atoms with Crippen LogP contribution in [-0.4, -0.2) is 389 Å². The molecule has 3 aliphatic heterocycles. The third-order valence-corrected chi connectivity index (χ3v) is 26.5. The predicted octanol–water partition coefficient (Wildman–Crippen LogP) is 6.93. The van der Waals surface area contributed by atoms with Gasteiger partial charge in [0.1, 0.15) is 0 Å². The first-order valence-corrected chi connectivity index (χ1v) is 51.9. The maximum absolute atomic E-state index is 8.85. The van der Waals surface area contributed by atoms with E-state index < -0.39 is 0 Å². The number of nitrogens with zero attached hydrogens (tertiary/aromatic N) is 7. The topological polar surface area (TPSA) is 289 Å². The number of aliphatic hydroxyl groups is 9. The Morgan fingerprint density at radius 3 is 1.04 bits per heavy atom. The van der Waals surface area contributed by atoms with Crippen LogP contribution in [0.25, 0.3) is 0 Å². The molecule has 0 saturated carbocycles. The summed E-state index contributed by atoms with van der Waals surface area (Å²) < 4.78 is 0. The summed E-state index contributed by atoms with van der Waals surface area (Å²) in [5, 5.41) is 101. The molecule has 3 fully saturated rings. The fourth-order valence-electron chi connectivity index (χ4n) is 7.89. The number of hydrogen-bond donors (Lipinski definition) is 16. The normalized spacial score (nSPS) is 15.2. The molecule has 2 bridgehead atoms. The van der Waals surface area contributed by atoms with Gasteiger partial charge in [0.05, 0.1) is 92.8 Å². The first-order chi connectivity index (χ1) is 49.2. The summed E-state index contributed by atoms with van der Waals surface area (Å²) in [5.74, 6) is 27.5. The second-order valence-corrected chi connectivity index (χ2v) is 37.3. The zero-order valence-corrected chi connectivity index (χ0v) is 74.1. The summed E-state index contributed by atoms with van der Waals surface area (Å²) >= 11 is 25.6. The van der Waals surface area contributed by atoms with Gasteiger partial charge in [0.2, 0.25) is 0 Å². The summed E-state index contributed by atoms with van der Waals surface area (Å²) in [5.41, 5.74) is 0. The van der Waals surface area contributed by atoms with Gasteiger partial charge in [0, 0.05) is 181 Å². The van der Waals surface area contributed by atoms with Gasteiger partial charge in [0.25, 0.3) is 0 Å². The molecule has 0 spiro atoms. The van der Waals surface area contributed by atoms with Gasteiger partial charge in [-0.3, -0.25) is 71.5 Å². The van der Waals surface area contributed by atoms with Gasteiger partial charge in [-0.1, -0.05) is 49.0 Å². The summed E-state index contributed by atoms with van der Waals surface area (Å²) in [4.78, 5) is 17.2. The Balaban J connectivity index is -0.000000362. The van der Waals surface area contributed by atoms with Crippen LogP contribution in [0.2, 0.25) is 0 Å². The highest BCUT2D eigenvalue weighted by molar-refractivity contribution is 8.02. The number of nitrogens with one attached hydrogen (secondary N) is 7. The molecule has 0 aromatic rings. The van der Waals surface area contributed by atoms with E-state index in [0.29, 0.717) is 13.2 Å². The van der Waals surface area contributed by atoms with E-state index in [4.69, 9.17) is 46.0 Å². The molecule has 3 rings (SSSR count). The molecule has 0 aliphatic carbocycles. The Bertz CT molecular complexity index is 1400. The van der Waals surface area contributed by atoms with Gasteiger partial charge in [-0.2, -0.15) is 11.8 Å². The van der Waals surface area contributed by atoms with Gasteiger partial charge < -0.3 is 46.0 Å². The summed E-state index contributed by atoms with van der Waals surface area (Å²) in [7, 11) is 0. The SMILES string of the molecule is C.CCCSCN(CNCNCNCSCCO)CSCCO.CCCSCN(CSCCO)CSCCO.CCCSCN1CCCN(CNCSCCO)C1.CCCSCNCNCSCCO.CCCSCNCSCCO.CCSCCO.OCCSCN1CN2CCCN(C2)C1. The van der Waals surface area contributed by atoms with Crippen LogP contribution >= 0.6 is 165 Å². The molecule has 2 unspecified atom stereocenters. The molecule has 0 aromatic carbocycles. The van der Waals surface area contributed by atoms with Crippen molar-refractivity contribution in [3.8, 4) is 0 Å². The van der Waals surface area contributed by atoms with E-state index in [-0.39, 0.29) is 53.7 Å². The molecule has 616 valence electrons. The predicted molar refractivity (Wildman–Crippen MR) is 478 cm³/mol. The third-order valence-electron chi connectivity index (χ3n) is 12.1. The minimum absolute atomic E-state index is 0. The van der Waals surface area contributed by atoms with E-state index in [1.54, 1.807) is 94.1 Å². The standard InChI is InChI=1S/C13H32N4O2S3.C12H27N3OS2.C10H23NO2S3.C9H19N3OS.C8H20N2OS2.C7H17NOS2.C4H10OS.CH4/c1-2-5-21-12-17(13-22-7-4-19)10-15-8-14-9-16-11-20-6-3-18;1-2-7-18-12-15-5-3-4-14(11-15)9-13-10-17-8-6-16;1-2-5-14-8-11(9-15-6-3-12)10-16-7-4-13;13-4-5-14-9-12-7-10-2-1-3-11(6-10)8-12;1-2-4-12-7-9-6-10-8-13-5-3-11;1-2-4-10-6-8-7-11-5-3-9;1-2-6-4-3-5;/h14-16,18-19H,2-13H2,1H3;13,16H,2-12H2,1H3;12-13H,2-10H2,1H3;13H,1-9H2;9-11H,2-8H2,1H3;8-9H,2-7H2,1H3;5H,2-4H2,1H3;1H4. The minimum Gasteiger partial charge on any atom is -0.396 e. The third kappa shape index (κ3) is 96.3. The largest absolute Gasteiger partial charge is 0.396 e. The highest BCUT2D eigenvalue weighted by Crippen LogP contribution is 2.18. The van der Waals surface area contributed by atoms with Crippen molar-refractivity contribution in [2.45, 2.75) is 93.9 Å². The Hall–Kier alpha value is 3.98. The van der Waals surface area contributed by atoms with E-state index in [9.17, 15) is 0 Å². The van der Waals surface area contributed by atoms with Crippen LogP contribution in [0.3, 0.4) is 0 Å². The zero-order chi connectivity index (χ0) is 74.2. The number of fused-ring (bicyclic) bond motifs is 2. The number of hydrogen-bond acceptors (Lipinski definition) is 37. The summed E-state index contributed by atoms with van der Waals surface area (Å²) in [6.07, 6.45) is 8.77. The molecule has 2 atom stereocenters. The molecule has 0 amide bonds. The second kappa shape index (κ2) is 104. The van der Waals surface area contributed by atoms with Crippen LogP contribution in [0.1, 0.15) is 93.9 Å². The van der Waals surface area contributed by atoms with E-state index in [2.05, 4.69) is 113 Å². The lowest BCUT2D eigenvalue weighted by Crippen LogP contribution is -2.58. The molecule has 16 N–H and O–H groups in total. The fourth-order valence-corrected chi connectivity index (χ4v) is 17.7. The van der Waals surface area contributed by atoms with Crippen molar-refractivity contribution >= 4 is 165 Å². The lowest BCUT2D eigenvalue weighted by molar-refractivity contribution is -0.0465. The lowest BCUT2D eigenvalue weighted by atomic mass is 10.3. The van der Waals surface area contributed by atoms with Crippen LogP contribution in [0, 0.1) is 0 Å². The number of aliphatic hydroxyl groups excluding tert-OH is 9. The van der Waals surface area contributed by atoms with Crippen molar-refractivity contribution in [2.24, 2.45) is 0 Å². The van der Waals surface area contributed by atoms with Crippen molar-refractivity contribution in [2.75, 3.05) is 308 Å². The monoisotopic (exact) mass is 1710 g/mol. The maximum Gasteiger partial charge on any atom is 0.0538 e.